The minimum Gasteiger partial charge on any atom is -0.285 e. The van der Waals surface area contributed by atoms with E-state index in [2.05, 4.69) is 86.4 Å². The Morgan fingerprint density at radius 1 is 1.07 bits per heavy atom. The smallest absolute Gasteiger partial charge is 0.0645 e. The minimum absolute atomic E-state index is 0.0501. The largest absolute Gasteiger partial charge is 0.285 e. The molecule has 1 unspecified atom stereocenters. The van der Waals surface area contributed by atoms with Gasteiger partial charge in [-0.2, -0.15) is 0 Å². The molecule has 0 saturated heterocycles. The van der Waals surface area contributed by atoms with Gasteiger partial charge in [0.2, 0.25) is 0 Å². The molecule has 0 bridgehead atoms. The Balaban J connectivity index is 1.51. The number of allylic oxidation sites excluding steroid dienone is 7. The molecular formula is C27H34N2. The summed E-state index contributed by atoms with van der Waals surface area (Å²) >= 11 is 0. The summed E-state index contributed by atoms with van der Waals surface area (Å²) < 4.78 is 0. The third kappa shape index (κ3) is 4.04. The number of rotatable bonds is 5. The fourth-order valence-electron chi connectivity index (χ4n) is 4.77. The van der Waals surface area contributed by atoms with Gasteiger partial charge in [-0.1, -0.05) is 61.9 Å². The molecule has 0 spiro atoms. The van der Waals surface area contributed by atoms with Gasteiger partial charge in [-0.05, 0) is 74.3 Å². The summed E-state index contributed by atoms with van der Waals surface area (Å²) in [7, 11) is 0. The molecule has 152 valence electrons. The molecule has 2 heteroatoms. The lowest BCUT2D eigenvalue weighted by molar-refractivity contribution is 0.320. The Morgan fingerprint density at radius 3 is 2.45 bits per heavy atom. The van der Waals surface area contributed by atoms with E-state index in [1.54, 1.807) is 0 Å². The summed E-state index contributed by atoms with van der Waals surface area (Å²) in [5.41, 5.74) is 12.0. The van der Waals surface area contributed by atoms with Gasteiger partial charge in [0.1, 0.15) is 0 Å². The van der Waals surface area contributed by atoms with Gasteiger partial charge in [0.15, 0.2) is 0 Å². The molecule has 0 saturated carbocycles. The Bertz CT molecular complexity index is 893. The molecule has 1 aliphatic heterocycles. The highest BCUT2D eigenvalue weighted by Gasteiger charge is 2.29. The standard InChI is InChI=1S/C27H34N2/c1-5-25-19-20(2)29(28-25)26-17-15-24(16-18-26)27(3,4)23-13-11-22(12-14-23)21-9-7-6-8-10-21/h5,9,11-15,17,19,25,28H,1,6-8,10,16,18H2,2-4H3. The van der Waals surface area contributed by atoms with Gasteiger partial charge in [0.05, 0.1) is 6.04 Å². The highest BCUT2D eigenvalue weighted by atomic mass is 15.5. The Labute approximate surface area is 176 Å². The second kappa shape index (κ2) is 8.20. The monoisotopic (exact) mass is 386 g/mol. The van der Waals surface area contributed by atoms with Crippen molar-refractivity contribution in [3.05, 3.63) is 89.3 Å². The summed E-state index contributed by atoms with van der Waals surface area (Å²) in [5, 5.41) is 2.22. The van der Waals surface area contributed by atoms with Crippen molar-refractivity contribution in [2.45, 2.75) is 70.8 Å². The van der Waals surface area contributed by atoms with Crippen molar-refractivity contribution < 1.29 is 0 Å². The Morgan fingerprint density at radius 2 is 1.86 bits per heavy atom. The van der Waals surface area contributed by atoms with Gasteiger partial charge in [-0.15, -0.1) is 6.58 Å². The molecule has 0 amide bonds. The maximum atomic E-state index is 3.90. The molecule has 3 aliphatic rings. The van der Waals surface area contributed by atoms with Crippen molar-refractivity contribution in [2.75, 3.05) is 0 Å². The molecule has 1 aromatic carbocycles. The van der Waals surface area contributed by atoms with Gasteiger partial charge in [0, 0.05) is 16.8 Å². The van der Waals surface area contributed by atoms with Crippen LogP contribution in [-0.4, -0.2) is 11.1 Å². The van der Waals surface area contributed by atoms with Crippen LogP contribution in [0.2, 0.25) is 0 Å². The van der Waals surface area contributed by atoms with Crippen molar-refractivity contribution in [1.82, 2.24) is 10.4 Å². The third-order valence-corrected chi connectivity index (χ3v) is 6.79. The minimum atomic E-state index is 0.0501. The highest BCUT2D eigenvalue weighted by molar-refractivity contribution is 5.66. The van der Waals surface area contributed by atoms with Crippen LogP contribution in [0.15, 0.2) is 78.2 Å². The Hall–Kier alpha value is -2.32. The van der Waals surface area contributed by atoms with Gasteiger partial charge in [-0.25, -0.2) is 5.43 Å². The summed E-state index contributed by atoms with van der Waals surface area (Å²) in [4.78, 5) is 0. The van der Waals surface area contributed by atoms with Gasteiger partial charge in [-0.3, -0.25) is 5.01 Å². The van der Waals surface area contributed by atoms with Crippen molar-refractivity contribution >= 4 is 5.57 Å². The third-order valence-electron chi connectivity index (χ3n) is 6.79. The highest BCUT2D eigenvalue weighted by Crippen LogP contribution is 2.39. The van der Waals surface area contributed by atoms with Crippen molar-refractivity contribution in [2.24, 2.45) is 0 Å². The maximum absolute atomic E-state index is 3.90. The van der Waals surface area contributed by atoms with Crippen molar-refractivity contribution in [1.29, 1.82) is 0 Å². The first-order valence-electron chi connectivity index (χ1n) is 11.1. The Kier molecular flexibility index (Phi) is 5.65. The second-order valence-corrected chi connectivity index (χ2v) is 9.06. The molecule has 4 rings (SSSR count). The van der Waals surface area contributed by atoms with Gasteiger partial charge in [0.25, 0.3) is 0 Å². The first-order chi connectivity index (χ1) is 14.0. The molecule has 1 N–H and O–H groups in total. The van der Waals surface area contributed by atoms with E-state index in [0.717, 1.165) is 12.8 Å². The van der Waals surface area contributed by atoms with Gasteiger partial charge >= 0.3 is 0 Å². The van der Waals surface area contributed by atoms with Crippen molar-refractivity contribution in [3.8, 4) is 0 Å². The van der Waals surface area contributed by atoms with Crippen LogP contribution in [0.5, 0.6) is 0 Å². The van der Waals surface area contributed by atoms with Crippen LogP contribution in [-0.2, 0) is 5.41 Å². The normalized spacial score (nSPS) is 22.6. The molecule has 2 aliphatic carbocycles. The molecule has 0 aromatic heterocycles. The van der Waals surface area contributed by atoms with Crippen LogP contribution >= 0.6 is 0 Å². The lowest BCUT2D eigenvalue weighted by Gasteiger charge is -2.33. The maximum Gasteiger partial charge on any atom is 0.0645 e. The predicted molar refractivity (Wildman–Crippen MR) is 124 cm³/mol. The van der Waals surface area contributed by atoms with E-state index in [9.17, 15) is 0 Å². The fraction of sp³-hybridized carbons (Fsp3) is 0.407. The molecule has 0 fully saturated rings. The fourth-order valence-corrected chi connectivity index (χ4v) is 4.77. The molecule has 1 aromatic rings. The average Bonchev–Trinajstić information content (AvgIpc) is 3.15. The number of nitrogens with one attached hydrogen (secondary N) is 1. The quantitative estimate of drug-likeness (QED) is 0.560. The summed E-state index contributed by atoms with van der Waals surface area (Å²) in [6.45, 7) is 10.8. The van der Waals surface area contributed by atoms with Crippen molar-refractivity contribution in [3.63, 3.8) is 0 Å². The molecule has 1 atom stereocenters. The van der Waals surface area contributed by atoms with Crippen LogP contribution in [0, 0.1) is 0 Å². The molecule has 0 radical (unpaired) electrons. The van der Waals surface area contributed by atoms with Crippen LogP contribution in [0.25, 0.3) is 5.57 Å². The summed E-state index contributed by atoms with van der Waals surface area (Å²) in [6, 6.07) is 9.58. The van der Waals surface area contributed by atoms with E-state index >= 15 is 0 Å². The zero-order valence-electron chi connectivity index (χ0n) is 18.2. The number of hydrazine groups is 1. The lowest BCUT2D eigenvalue weighted by atomic mass is 9.74. The molecule has 29 heavy (non-hydrogen) atoms. The average molecular weight is 387 g/mol. The van der Waals surface area contributed by atoms with E-state index in [-0.39, 0.29) is 11.5 Å². The first-order valence-corrected chi connectivity index (χ1v) is 11.1. The zero-order chi connectivity index (χ0) is 20.4. The van der Waals surface area contributed by atoms with Gasteiger partial charge < -0.3 is 0 Å². The predicted octanol–water partition coefficient (Wildman–Crippen LogP) is 6.80. The van der Waals surface area contributed by atoms with Crippen LogP contribution in [0.4, 0.5) is 0 Å². The lowest BCUT2D eigenvalue weighted by Crippen LogP contribution is -2.36. The van der Waals surface area contributed by atoms with Crippen LogP contribution in [0.3, 0.4) is 0 Å². The van der Waals surface area contributed by atoms with E-state index in [1.165, 1.54) is 59.4 Å². The summed E-state index contributed by atoms with van der Waals surface area (Å²) in [6.07, 6.45) is 18.5. The molecular weight excluding hydrogens is 352 g/mol. The van der Waals surface area contributed by atoms with Crippen LogP contribution in [0.1, 0.15) is 70.4 Å². The van der Waals surface area contributed by atoms with E-state index in [4.69, 9.17) is 0 Å². The topological polar surface area (TPSA) is 15.3 Å². The summed E-state index contributed by atoms with van der Waals surface area (Å²) in [5.74, 6) is 0. The first kappa shape index (κ1) is 20.0. The molecule has 2 nitrogen and oxygen atoms in total. The van der Waals surface area contributed by atoms with Crippen LogP contribution < -0.4 is 5.43 Å². The zero-order valence-corrected chi connectivity index (χ0v) is 18.2. The number of hydrogen-bond donors (Lipinski definition) is 1. The van der Waals surface area contributed by atoms with E-state index in [1.807, 2.05) is 6.08 Å². The SMILES string of the molecule is C=CC1C=C(C)N(C2=CC=C(C(C)(C)c3ccc(C4=CCCCC4)cc3)CC2)N1. The number of hydrogen-bond acceptors (Lipinski definition) is 2. The second-order valence-electron chi connectivity index (χ2n) is 9.06. The van der Waals surface area contributed by atoms with E-state index < -0.39 is 0 Å². The molecule has 1 heterocycles. The number of benzene rings is 1. The van der Waals surface area contributed by atoms with E-state index in [0.29, 0.717) is 0 Å². The number of nitrogens with zero attached hydrogens (tertiary/aromatic N) is 1.